The molecular weight excluding hydrogens is 378 g/mol. The highest BCUT2D eigenvalue weighted by Gasteiger charge is 2.45. The molecule has 23 heavy (non-hydrogen) atoms. The van der Waals surface area contributed by atoms with Crippen LogP contribution in [0.2, 0.25) is 5.02 Å². The molecule has 4 rings (SSSR count). The van der Waals surface area contributed by atoms with Gasteiger partial charge < -0.3 is 9.64 Å². The van der Waals surface area contributed by atoms with Crippen LogP contribution in [0.4, 0.5) is 0 Å². The van der Waals surface area contributed by atoms with Gasteiger partial charge in [-0.1, -0.05) is 48.0 Å². The van der Waals surface area contributed by atoms with Crippen molar-refractivity contribution in [2.75, 3.05) is 6.54 Å². The third kappa shape index (κ3) is 2.59. The Balaban J connectivity index is 1.64. The molecule has 0 saturated carbocycles. The van der Waals surface area contributed by atoms with Crippen molar-refractivity contribution in [2.45, 2.75) is 25.2 Å². The van der Waals surface area contributed by atoms with Gasteiger partial charge in [0.1, 0.15) is 0 Å². The summed E-state index contributed by atoms with van der Waals surface area (Å²) >= 11 is 9.80. The van der Waals surface area contributed by atoms with Gasteiger partial charge in [-0.15, -0.1) is 0 Å². The molecule has 5 heteroatoms. The standard InChI is InChI=1S/C18H15BrClNO2/c19-14-7-6-12-13(17(14)20)10-23-15-9-21(18(22)16(12)15)8-11-4-2-1-3-5-11/h1-7,15-16H,8-10H2/t15-,16-/m1/s1. The summed E-state index contributed by atoms with van der Waals surface area (Å²) in [6.45, 7) is 1.71. The Morgan fingerprint density at radius 3 is 2.78 bits per heavy atom. The van der Waals surface area contributed by atoms with Gasteiger partial charge in [0.05, 0.1) is 23.7 Å². The Kier molecular flexibility index (Phi) is 3.92. The van der Waals surface area contributed by atoms with Crippen LogP contribution in [0, 0.1) is 0 Å². The van der Waals surface area contributed by atoms with E-state index in [4.69, 9.17) is 16.3 Å². The summed E-state index contributed by atoms with van der Waals surface area (Å²) in [5, 5.41) is 0.648. The number of benzene rings is 2. The molecule has 0 unspecified atom stereocenters. The number of rotatable bonds is 2. The maximum atomic E-state index is 12.9. The number of carbonyl (C=O) groups is 1. The van der Waals surface area contributed by atoms with Crippen molar-refractivity contribution in [3.8, 4) is 0 Å². The van der Waals surface area contributed by atoms with Crippen molar-refractivity contribution in [2.24, 2.45) is 0 Å². The van der Waals surface area contributed by atoms with Gasteiger partial charge in [-0.25, -0.2) is 0 Å². The highest BCUT2D eigenvalue weighted by Crippen LogP contribution is 2.42. The number of halogens is 2. The molecule has 3 nitrogen and oxygen atoms in total. The quantitative estimate of drug-likeness (QED) is 0.769. The van der Waals surface area contributed by atoms with Gasteiger partial charge in [-0.05, 0) is 33.1 Å². The fourth-order valence-corrected chi connectivity index (χ4v) is 4.03. The first-order valence-electron chi connectivity index (χ1n) is 7.56. The Morgan fingerprint density at radius 1 is 1.22 bits per heavy atom. The summed E-state index contributed by atoms with van der Waals surface area (Å²) < 4.78 is 6.77. The van der Waals surface area contributed by atoms with Crippen LogP contribution >= 0.6 is 27.5 Å². The van der Waals surface area contributed by atoms with Crippen molar-refractivity contribution in [1.29, 1.82) is 0 Å². The zero-order valence-electron chi connectivity index (χ0n) is 12.3. The molecule has 1 saturated heterocycles. The minimum Gasteiger partial charge on any atom is -0.370 e. The number of hydrogen-bond acceptors (Lipinski definition) is 2. The third-order valence-electron chi connectivity index (χ3n) is 4.58. The molecule has 0 N–H and O–H groups in total. The van der Waals surface area contributed by atoms with Crippen LogP contribution in [0.25, 0.3) is 0 Å². The van der Waals surface area contributed by atoms with Crippen LogP contribution in [-0.2, 0) is 22.7 Å². The lowest BCUT2D eigenvalue weighted by Gasteiger charge is -2.27. The predicted molar refractivity (Wildman–Crippen MR) is 92.3 cm³/mol. The van der Waals surface area contributed by atoms with Crippen molar-refractivity contribution in [1.82, 2.24) is 4.90 Å². The molecule has 1 fully saturated rings. The van der Waals surface area contributed by atoms with Gasteiger partial charge in [-0.2, -0.15) is 0 Å². The number of likely N-dealkylation sites (tertiary alicyclic amines) is 1. The van der Waals surface area contributed by atoms with Crippen LogP contribution in [0.1, 0.15) is 22.6 Å². The molecule has 118 valence electrons. The van der Waals surface area contributed by atoms with E-state index >= 15 is 0 Å². The van der Waals surface area contributed by atoms with Crippen LogP contribution < -0.4 is 0 Å². The summed E-state index contributed by atoms with van der Waals surface area (Å²) in [6, 6.07) is 14.0. The van der Waals surface area contributed by atoms with Gasteiger partial charge in [-0.3, -0.25) is 4.79 Å². The molecule has 2 aromatic carbocycles. The van der Waals surface area contributed by atoms with E-state index in [9.17, 15) is 4.79 Å². The molecule has 0 aromatic heterocycles. The third-order valence-corrected chi connectivity index (χ3v) is 5.90. The Morgan fingerprint density at radius 2 is 2.00 bits per heavy atom. The van der Waals surface area contributed by atoms with E-state index in [1.54, 1.807) is 0 Å². The van der Waals surface area contributed by atoms with Crippen LogP contribution in [0.15, 0.2) is 46.9 Å². The highest BCUT2D eigenvalue weighted by atomic mass is 79.9. The summed E-state index contributed by atoms with van der Waals surface area (Å²) in [4.78, 5) is 14.8. The van der Waals surface area contributed by atoms with Crippen molar-refractivity contribution in [3.05, 3.63) is 68.7 Å². The highest BCUT2D eigenvalue weighted by molar-refractivity contribution is 9.10. The molecule has 0 aliphatic carbocycles. The van der Waals surface area contributed by atoms with Crippen LogP contribution in [0.3, 0.4) is 0 Å². The molecule has 0 bridgehead atoms. The number of carbonyl (C=O) groups excluding carboxylic acids is 1. The van der Waals surface area contributed by atoms with Gasteiger partial charge in [0.15, 0.2) is 0 Å². The maximum absolute atomic E-state index is 12.9. The number of ether oxygens (including phenoxy) is 1. The summed E-state index contributed by atoms with van der Waals surface area (Å²) in [6.07, 6.45) is -0.0871. The fraction of sp³-hybridized carbons (Fsp3) is 0.278. The summed E-state index contributed by atoms with van der Waals surface area (Å²) in [5.74, 6) is -0.119. The number of hydrogen-bond donors (Lipinski definition) is 0. The van der Waals surface area contributed by atoms with E-state index in [1.165, 1.54) is 0 Å². The predicted octanol–water partition coefficient (Wildman–Crippen LogP) is 4.13. The van der Waals surface area contributed by atoms with Gasteiger partial charge in [0.2, 0.25) is 5.91 Å². The molecule has 0 spiro atoms. The Hall–Kier alpha value is -1.36. The zero-order chi connectivity index (χ0) is 16.0. The SMILES string of the molecule is O=C1[C@@H]2c3ccc(Br)c(Cl)c3CO[C@@H]2CN1Cc1ccccc1. The second-order valence-corrected chi connectivity index (χ2v) is 7.19. The lowest BCUT2D eigenvalue weighted by Crippen LogP contribution is -2.28. The Labute approximate surface area is 148 Å². The number of nitrogens with zero attached hydrogens (tertiary/aromatic N) is 1. The van der Waals surface area contributed by atoms with Crippen molar-refractivity contribution < 1.29 is 9.53 Å². The second-order valence-electron chi connectivity index (χ2n) is 5.96. The van der Waals surface area contributed by atoms with E-state index in [-0.39, 0.29) is 17.9 Å². The zero-order valence-corrected chi connectivity index (χ0v) is 14.7. The van der Waals surface area contributed by atoms with Gasteiger partial charge in [0.25, 0.3) is 0 Å². The molecular formula is C18H15BrClNO2. The average Bonchev–Trinajstić information content (AvgIpc) is 2.88. The van der Waals surface area contributed by atoms with Gasteiger partial charge >= 0.3 is 0 Å². The molecule has 2 aliphatic heterocycles. The maximum Gasteiger partial charge on any atom is 0.233 e. The summed E-state index contributed by atoms with van der Waals surface area (Å²) in [7, 11) is 0. The molecule has 2 aliphatic rings. The van der Waals surface area contributed by atoms with Crippen LogP contribution in [0.5, 0.6) is 0 Å². The fourth-order valence-electron chi connectivity index (χ4n) is 3.43. The first-order chi connectivity index (χ1) is 11.1. The molecule has 1 amide bonds. The monoisotopic (exact) mass is 391 g/mol. The molecule has 0 radical (unpaired) electrons. The minimum absolute atomic E-state index is 0.0871. The van der Waals surface area contributed by atoms with Gasteiger partial charge in [0, 0.05) is 23.1 Å². The number of fused-ring (bicyclic) bond motifs is 3. The molecule has 2 heterocycles. The molecule has 2 aromatic rings. The van der Waals surface area contributed by atoms with Crippen LogP contribution in [-0.4, -0.2) is 23.5 Å². The number of amides is 1. The van der Waals surface area contributed by atoms with E-state index in [1.807, 2.05) is 47.4 Å². The van der Waals surface area contributed by atoms with E-state index in [2.05, 4.69) is 15.9 Å². The summed E-state index contributed by atoms with van der Waals surface area (Å²) in [5.41, 5.74) is 3.07. The van der Waals surface area contributed by atoms with Crippen molar-refractivity contribution >= 4 is 33.4 Å². The molecule has 2 atom stereocenters. The second kappa shape index (κ2) is 5.93. The van der Waals surface area contributed by atoms with E-state index < -0.39 is 0 Å². The van der Waals surface area contributed by atoms with E-state index in [0.717, 1.165) is 21.2 Å². The topological polar surface area (TPSA) is 29.5 Å². The lowest BCUT2D eigenvalue weighted by atomic mass is 9.89. The van der Waals surface area contributed by atoms with Crippen molar-refractivity contribution in [3.63, 3.8) is 0 Å². The Bertz CT molecular complexity index is 765. The average molecular weight is 393 g/mol. The normalized spacial score (nSPS) is 22.9. The minimum atomic E-state index is -0.243. The first-order valence-corrected chi connectivity index (χ1v) is 8.73. The smallest absolute Gasteiger partial charge is 0.233 e. The lowest BCUT2D eigenvalue weighted by molar-refractivity contribution is -0.130. The van der Waals surface area contributed by atoms with E-state index in [0.29, 0.717) is 24.7 Å². The largest absolute Gasteiger partial charge is 0.370 e. The first kappa shape index (κ1) is 15.2.